The predicted octanol–water partition coefficient (Wildman–Crippen LogP) is 3.57. The molecular weight excluding hydrogens is 367 g/mol. The zero-order valence-corrected chi connectivity index (χ0v) is 13.6. The van der Waals surface area contributed by atoms with E-state index in [1.807, 2.05) is 6.33 Å². The van der Waals surface area contributed by atoms with Crippen molar-refractivity contribution >= 4 is 33.6 Å². The Morgan fingerprint density at radius 2 is 2.35 bits per heavy atom. The number of hydrogen-bond donors (Lipinski definition) is 0. The average molecular weight is 386 g/mol. The Labute approximate surface area is 132 Å². The summed E-state index contributed by atoms with van der Waals surface area (Å²) in [6, 6.07) is 6.36. The van der Waals surface area contributed by atoms with Crippen molar-refractivity contribution in [2.75, 3.05) is 13.2 Å². The second-order valence-electron chi connectivity index (χ2n) is 5.09. The molecule has 0 amide bonds. The molecule has 0 saturated carbocycles. The molecular formula is C15H19IN2O2. The van der Waals surface area contributed by atoms with Crippen LogP contribution in [0.5, 0.6) is 0 Å². The largest absolute Gasteiger partial charge is 0.353 e. The van der Waals surface area contributed by atoms with E-state index in [1.54, 1.807) is 0 Å². The fourth-order valence-corrected chi connectivity index (χ4v) is 2.98. The Morgan fingerprint density at radius 1 is 1.40 bits per heavy atom. The average Bonchev–Trinajstić information content (AvgIpc) is 2.87. The van der Waals surface area contributed by atoms with Crippen LogP contribution in [0.2, 0.25) is 0 Å². The maximum Gasteiger partial charge on any atom is 0.157 e. The number of benzene rings is 1. The molecule has 0 spiro atoms. The smallest absolute Gasteiger partial charge is 0.157 e. The van der Waals surface area contributed by atoms with E-state index in [0.29, 0.717) is 0 Å². The topological polar surface area (TPSA) is 36.3 Å². The van der Waals surface area contributed by atoms with Crippen LogP contribution in [-0.4, -0.2) is 29.1 Å². The van der Waals surface area contributed by atoms with Crippen molar-refractivity contribution in [3.8, 4) is 0 Å². The maximum atomic E-state index is 5.76. The van der Waals surface area contributed by atoms with Gasteiger partial charge in [0.15, 0.2) is 6.29 Å². The van der Waals surface area contributed by atoms with Gasteiger partial charge in [-0.3, -0.25) is 0 Å². The highest BCUT2D eigenvalue weighted by atomic mass is 127. The summed E-state index contributed by atoms with van der Waals surface area (Å²) in [5.74, 6) is 0. The van der Waals surface area contributed by atoms with Crippen LogP contribution >= 0.6 is 22.6 Å². The standard InChI is InChI=1S/C15H19IN2O2/c16-12-5-6-14-13(10-12)17-11-18(14)7-3-9-20-15-4-1-2-8-19-15/h5-6,10-11,15H,1-4,7-9H2. The van der Waals surface area contributed by atoms with Crippen LogP contribution in [0.15, 0.2) is 24.5 Å². The zero-order chi connectivity index (χ0) is 13.8. The lowest BCUT2D eigenvalue weighted by Gasteiger charge is -2.22. The first-order chi connectivity index (χ1) is 9.83. The Kier molecular flexibility index (Phi) is 4.90. The Hall–Kier alpha value is -0.660. The summed E-state index contributed by atoms with van der Waals surface area (Å²) in [7, 11) is 0. The maximum absolute atomic E-state index is 5.76. The molecule has 1 aliphatic heterocycles. The van der Waals surface area contributed by atoms with Gasteiger partial charge in [-0.05, 0) is 66.5 Å². The van der Waals surface area contributed by atoms with E-state index in [-0.39, 0.29) is 6.29 Å². The summed E-state index contributed by atoms with van der Waals surface area (Å²) in [6.07, 6.45) is 6.33. The monoisotopic (exact) mass is 386 g/mol. The number of ether oxygens (including phenoxy) is 2. The van der Waals surface area contributed by atoms with Crippen LogP contribution in [0.4, 0.5) is 0 Å². The minimum Gasteiger partial charge on any atom is -0.353 e. The summed E-state index contributed by atoms with van der Waals surface area (Å²) >= 11 is 2.31. The summed E-state index contributed by atoms with van der Waals surface area (Å²) in [4.78, 5) is 4.44. The first-order valence-electron chi connectivity index (χ1n) is 7.16. The number of rotatable bonds is 5. The van der Waals surface area contributed by atoms with Crippen molar-refractivity contribution in [2.24, 2.45) is 0 Å². The van der Waals surface area contributed by atoms with Gasteiger partial charge in [-0.25, -0.2) is 4.98 Å². The molecule has 1 fully saturated rings. The van der Waals surface area contributed by atoms with Crippen LogP contribution in [0, 0.1) is 3.57 Å². The highest BCUT2D eigenvalue weighted by Crippen LogP contribution is 2.17. The van der Waals surface area contributed by atoms with Crippen LogP contribution in [0.1, 0.15) is 25.7 Å². The molecule has 5 heteroatoms. The third-order valence-electron chi connectivity index (χ3n) is 3.57. The van der Waals surface area contributed by atoms with E-state index >= 15 is 0 Å². The van der Waals surface area contributed by atoms with Gasteiger partial charge in [0.2, 0.25) is 0 Å². The predicted molar refractivity (Wildman–Crippen MR) is 86.6 cm³/mol. The molecule has 1 aliphatic rings. The van der Waals surface area contributed by atoms with Gasteiger partial charge in [-0.15, -0.1) is 0 Å². The SMILES string of the molecule is Ic1ccc2c(c1)ncn2CCCOC1CCCCO1. The molecule has 1 aromatic heterocycles. The number of nitrogens with zero attached hydrogens (tertiary/aromatic N) is 2. The lowest BCUT2D eigenvalue weighted by molar-refractivity contribution is -0.162. The molecule has 3 rings (SSSR count). The van der Waals surface area contributed by atoms with Gasteiger partial charge in [0.1, 0.15) is 0 Å². The Morgan fingerprint density at radius 3 is 3.20 bits per heavy atom. The second kappa shape index (κ2) is 6.87. The molecule has 0 bridgehead atoms. The number of aryl methyl sites for hydroxylation is 1. The summed E-state index contributed by atoms with van der Waals surface area (Å²) in [6.45, 7) is 2.52. The van der Waals surface area contributed by atoms with Crippen LogP contribution in [0.25, 0.3) is 11.0 Å². The van der Waals surface area contributed by atoms with Gasteiger partial charge in [0.05, 0.1) is 24.0 Å². The molecule has 0 N–H and O–H groups in total. The van der Waals surface area contributed by atoms with Crippen molar-refractivity contribution in [1.29, 1.82) is 0 Å². The zero-order valence-electron chi connectivity index (χ0n) is 11.4. The lowest BCUT2D eigenvalue weighted by Crippen LogP contribution is -2.22. The summed E-state index contributed by atoms with van der Waals surface area (Å²) in [5, 5.41) is 0. The number of halogens is 1. The minimum absolute atomic E-state index is 0.0184. The molecule has 1 saturated heterocycles. The normalized spacial score (nSPS) is 19.6. The van der Waals surface area contributed by atoms with E-state index in [1.165, 1.54) is 21.9 Å². The first kappa shape index (κ1) is 14.3. The van der Waals surface area contributed by atoms with E-state index < -0.39 is 0 Å². The third kappa shape index (κ3) is 3.51. The number of fused-ring (bicyclic) bond motifs is 1. The lowest BCUT2D eigenvalue weighted by atomic mass is 10.2. The number of hydrogen-bond acceptors (Lipinski definition) is 3. The molecule has 1 unspecified atom stereocenters. The first-order valence-corrected chi connectivity index (χ1v) is 8.24. The molecule has 0 aliphatic carbocycles. The quantitative estimate of drug-likeness (QED) is 0.582. The fourth-order valence-electron chi connectivity index (χ4n) is 2.51. The van der Waals surface area contributed by atoms with E-state index in [2.05, 4.69) is 50.3 Å². The van der Waals surface area contributed by atoms with Crippen molar-refractivity contribution < 1.29 is 9.47 Å². The van der Waals surface area contributed by atoms with Crippen molar-refractivity contribution in [1.82, 2.24) is 9.55 Å². The Balaban J connectivity index is 1.49. The molecule has 108 valence electrons. The number of imidazole rings is 1. The molecule has 0 radical (unpaired) electrons. The molecule has 2 heterocycles. The van der Waals surface area contributed by atoms with Crippen LogP contribution in [0.3, 0.4) is 0 Å². The van der Waals surface area contributed by atoms with Crippen molar-refractivity contribution in [3.63, 3.8) is 0 Å². The van der Waals surface area contributed by atoms with Gasteiger partial charge in [0, 0.05) is 16.7 Å². The molecule has 1 atom stereocenters. The summed E-state index contributed by atoms with van der Waals surface area (Å²) < 4.78 is 14.7. The third-order valence-corrected chi connectivity index (χ3v) is 4.24. The second-order valence-corrected chi connectivity index (χ2v) is 6.34. The fraction of sp³-hybridized carbons (Fsp3) is 0.533. The van der Waals surface area contributed by atoms with Gasteiger partial charge in [-0.1, -0.05) is 0 Å². The van der Waals surface area contributed by atoms with Gasteiger partial charge >= 0.3 is 0 Å². The van der Waals surface area contributed by atoms with E-state index in [4.69, 9.17) is 9.47 Å². The van der Waals surface area contributed by atoms with Crippen LogP contribution in [-0.2, 0) is 16.0 Å². The number of aromatic nitrogens is 2. The van der Waals surface area contributed by atoms with Crippen LogP contribution < -0.4 is 0 Å². The summed E-state index contributed by atoms with van der Waals surface area (Å²) in [5.41, 5.74) is 2.26. The highest BCUT2D eigenvalue weighted by Gasteiger charge is 2.13. The van der Waals surface area contributed by atoms with Gasteiger partial charge < -0.3 is 14.0 Å². The minimum atomic E-state index is 0.0184. The molecule has 20 heavy (non-hydrogen) atoms. The molecule has 4 nitrogen and oxygen atoms in total. The Bertz CT molecular complexity index is 564. The van der Waals surface area contributed by atoms with E-state index in [9.17, 15) is 0 Å². The molecule has 2 aromatic rings. The molecule has 1 aromatic carbocycles. The van der Waals surface area contributed by atoms with Crippen molar-refractivity contribution in [3.05, 3.63) is 28.1 Å². The van der Waals surface area contributed by atoms with Gasteiger partial charge in [-0.2, -0.15) is 0 Å². The van der Waals surface area contributed by atoms with Crippen molar-refractivity contribution in [2.45, 2.75) is 38.5 Å². The highest BCUT2D eigenvalue weighted by molar-refractivity contribution is 14.1. The van der Waals surface area contributed by atoms with E-state index in [0.717, 1.165) is 38.1 Å². The van der Waals surface area contributed by atoms with Gasteiger partial charge in [0.25, 0.3) is 0 Å².